The Hall–Kier alpha value is -3.19. The molecule has 7 heteroatoms. The maximum atomic E-state index is 13.9. The van der Waals surface area contributed by atoms with Gasteiger partial charge in [0.05, 0.1) is 12.1 Å². The number of carbonyl (C=O) groups is 3. The molecule has 3 rings (SSSR count). The lowest BCUT2D eigenvalue weighted by atomic mass is 10.0. The molecule has 0 radical (unpaired) electrons. The van der Waals surface area contributed by atoms with E-state index >= 15 is 0 Å². The zero-order chi connectivity index (χ0) is 28.4. The fourth-order valence-corrected chi connectivity index (χ4v) is 5.04. The summed E-state index contributed by atoms with van der Waals surface area (Å²) in [5, 5.41) is 6.32. The van der Waals surface area contributed by atoms with Crippen LogP contribution in [0.15, 0.2) is 54.6 Å². The predicted molar refractivity (Wildman–Crippen MR) is 154 cm³/mol. The van der Waals surface area contributed by atoms with E-state index in [2.05, 4.69) is 29.7 Å². The molecule has 0 aliphatic heterocycles. The van der Waals surface area contributed by atoms with E-state index in [4.69, 9.17) is 4.74 Å². The summed E-state index contributed by atoms with van der Waals surface area (Å²) in [6.45, 7) is 9.80. The molecule has 0 saturated carbocycles. The van der Waals surface area contributed by atoms with Crippen LogP contribution in [0.4, 0.5) is 0 Å². The van der Waals surface area contributed by atoms with Crippen molar-refractivity contribution in [3.63, 3.8) is 0 Å². The van der Waals surface area contributed by atoms with E-state index in [-0.39, 0.29) is 24.4 Å². The van der Waals surface area contributed by atoms with Crippen molar-refractivity contribution in [1.82, 2.24) is 15.5 Å². The van der Waals surface area contributed by atoms with E-state index < -0.39 is 23.7 Å². The summed E-state index contributed by atoms with van der Waals surface area (Å²) in [5.41, 5.74) is 2.88. The van der Waals surface area contributed by atoms with Gasteiger partial charge in [-0.05, 0) is 76.5 Å². The maximum Gasteiger partial charge on any atom is 0.326 e. The number of benzene rings is 2. The number of rotatable bonds is 13. The van der Waals surface area contributed by atoms with Gasteiger partial charge < -0.3 is 15.0 Å². The minimum atomic E-state index is -0.658. The number of esters is 1. The summed E-state index contributed by atoms with van der Waals surface area (Å²) in [6.07, 6.45) is 4.53. The minimum Gasteiger partial charge on any atom is -0.459 e. The molecule has 0 spiro atoms. The second-order valence-corrected chi connectivity index (χ2v) is 11.5. The standard InChI is InChI=1S/C32H45N3O4/c1-6-7-19-33-30(37)28(18-17-24-13-9-8-10-14-24)34-23(2)31(38)35(22-29(36)39-32(3,4)5)27-20-25-15-11-12-16-26(25)21-27/h8-16,23,27-28,34H,6-7,17-22H2,1-5H3,(H,33,37)/t23-,28?/m0/s1. The van der Waals surface area contributed by atoms with Crippen molar-refractivity contribution in [2.45, 2.75) is 96.9 Å². The Morgan fingerprint density at radius 3 is 2.21 bits per heavy atom. The number of aryl methyl sites for hydroxylation is 1. The molecular weight excluding hydrogens is 490 g/mol. The molecule has 0 fully saturated rings. The van der Waals surface area contributed by atoms with Gasteiger partial charge in [-0.3, -0.25) is 19.7 Å². The Labute approximate surface area is 233 Å². The van der Waals surface area contributed by atoms with Crippen molar-refractivity contribution >= 4 is 17.8 Å². The number of nitrogens with zero attached hydrogens (tertiary/aromatic N) is 1. The first-order valence-corrected chi connectivity index (χ1v) is 14.2. The van der Waals surface area contributed by atoms with Gasteiger partial charge in [0.2, 0.25) is 11.8 Å². The zero-order valence-electron chi connectivity index (χ0n) is 24.2. The van der Waals surface area contributed by atoms with E-state index in [1.807, 2.05) is 63.2 Å². The van der Waals surface area contributed by atoms with Crippen LogP contribution in [0.2, 0.25) is 0 Å². The second kappa shape index (κ2) is 14.3. The fourth-order valence-electron chi connectivity index (χ4n) is 5.04. The van der Waals surface area contributed by atoms with E-state index in [1.54, 1.807) is 11.8 Å². The molecule has 2 atom stereocenters. The molecule has 1 unspecified atom stereocenters. The highest BCUT2D eigenvalue weighted by atomic mass is 16.6. The Morgan fingerprint density at radius 1 is 1.00 bits per heavy atom. The van der Waals surface area contributed by atoms with E-state index in [1.165, 1.54) is 11.1 Å². The molecule has 212 valence electrons. The van der Waals surface area contributed by atoms with Gasteiger partial charge in [0.1, 0.15) is 12.1 Å². The van der Waals surface area contributed by atoms with Crippen LogP contribution in [0.1, 0.15) is 70.6 Å². The number of unbranched alkanes of at least 4 members (excludes halogenated alkanes) is 1. The number of fused-ring (bicyclic) bond motifs is 1. The Balaban J connectivity index is 1.75. The van der Waals surface area contributed by atoms with Gasteiger partial charge in [0.15, 0.2) is 0 Å². The first kappa shape index (κ1) is 30.4. The highest BCUT2D eigenvalue weighted by Crippen LogP contribution is 2.26. The second-order valence-electron chi connectivity index (χ2n) is 11.5. The average molecular weight is 536 g/mol. The Morgan fingerprint density at radius 2 is 1.62 bits per heavy atom. The molecule has 2 N–H and O–H groups in total. The van der Waals surface area contributed by atoms with Gasteiger partial charge in [-0.15, -0.1) is 0 Å². The van der Waals surface area contributed by atoms with Gasteiger partial charge in [0, 0.05) is 12.6 Å². The monoisotopic (exact) mass is 535 g/mol. The molecule has 1 aliphatic rings. The third-order valence-electron chi connectivity index (χ3n) is 7.00. The van der Waals surface area contributed by atoms with E-state index in [0.717, 1.165) is 18.4 Å². The molecule has 2 aromatic rings. The molecule has 0 heterocycles. The number of amides is 2. The van der Waals surface area contributed by atoms with Gasteiger partial charge in [-0.1, -0.05) is 67.9 Å². The molecule has 39 heavy (non-hydrogen) atoms. The average Bonchev–Trinajstić information content (AvgIpc) is 3.33. The number of hydrogen-bond acceptors (Lipinski definition) is 5. The van der Waals surface area contributed by atoms with Gasteiger partial charge >= 0.3 is 5.97 Å². The van der Waals surface area contributed by atoms with Crippen LogP contribution in [0.5, 0.6) is 0 Å². The number of nitrogens with one attached hydrogen (secondary N) is 2. The van der Waals surface area contributed by atoms with Crippen LogP contribution < -0.4 is 10.6 Å². The molecule has 0 saturated heterocycles. The fraction of sp³-hybridized carbons (Fsp3) is 0.531. The molecular formula is C32H45N3O4. The third-order valence-corrected chi connectivity index (χ3v) is 7.00. The summed E-state index contributed by atoms with van der Waals surface area (Å²) in [5.74, 6) is -0.743. The lowest BCUT2D eigenvalue weighted by molar-refractivity contribution is -0.160. The molecule has 7 nitrogen and oxygen atoms in total. The smallest absolute Gasteiger partial charge is 0.326 e. The number of ether oxygens (including phenoxy) is 1. The third kappa shape index (κ3) is 9.50. The van der Waals surface area contributed by atoms with Crippen molar-refractivity contribution in [3.05, 3.63) is 71.3 Å². The highest BCUT2D eigenvalue weighted by molar-refractivity contribution is 5.87. The Bertz CT molecular complexity index is 1070. The summed E-state index contributed by atoms with van der Waals surface area (Å²) in [4.78, 5) is 41.5. The van der Waals surface area contributed by atoms with Crippen LogP contribution in [-0.2, 0) is 38.4 Å². The molecule has 1 aliphatic carbocycles. The lowest BCUT2D eigenvalue weighted by Crippen LogP contribution is -2.56. The summed E-state index contributed by atoms with van der Waals surface area (Å²) in [6, 6.07) is 16.8. The zero-order valence-corrected chi connectivity index (χ0v) is 24.2. The lowest BCUT2D eigenvalue weighted by Gasteiger charge is -2.33. The summed E-state index contributed by atoms with van der Waals surface area (Å²) >= 11 is 0. The number of carbonyl (C=O) groups excluding carboxylic acids is 3. The van der Waals surface area contributed by atoms with Crippen LogP contribution in [0.3, 0.4) is 0 Å². The molecule has 2 amide bonds. The predicted octanol–water partition coefficient (Wildman–Crippen LogP) is 4.22. The molecule has 0 bridgehead atoms. The van der Waals surface area contributed by atoms with Gasteiger partial charge in [0.25, 0.3) is 0 Å². The first-order chi connectivity index (χ1) is 18.6. The van der Waals surface area contributed by atoms with Crippen LogP contribution in [0, 0.1) is 0 Å². The van der Waals surface area contributed by atoms with Gasteiger partial charge in [-0.2, -0.15) is 0 Å². The normalized spacial score (nSPS) is 14.8. The van der Waals surface area contributed by atoms with E-state index in [9.17, 15) is 14.4 Å². The van der Waals surface area contributed by atoms with Crippen molar-refractivity contribution in [3.8, 4) is 0 Å². The van der Waals surface area contributed by atoms with Crippen molar-refractivity contribution < 1.29 is 19.1 Å². The van der Waals surface area contributed by atoms with Gasteiger partial charge in [-0.25, -0.2) is 0 Å². The molecule has 2 aromatic carbocycles. The van der Waals surface area contributed by atoms with Crippen molar-refractivity contribution in [2.24, 2.45) is 0 Å². The maximum absolute atomic E-state index is 13.9. The SMILES string of the molecule is CCCCNC(=O)C(CCc1ccccc1)N[C@@H](C)C(=O)N(CC(=O)OC(C)(C)C)C1Cc2ccccc2C1. The summed E-state index contributed by atoms with van der Waals surface area (Å²) in [7, 11) is 0. The van der Waals surface area contributed by atoms with E-state index in [0.29, 0.717) is 32.2 Å². The quantitative estimate of drug-likeness (QED) is 0.296. The number of hydrogen-bond donors (Lipinski definition) is 2. The minimum absolute atomic E-state index is 0.106. The summed E-state index contributed by atoms with van der Waals surface area (Å²) < 4.78 is 5.58. The van der Waals surface area contributed by atoms with Crippen molar-refractivity contribution in [2.75, 3.05) is 13.1 Å². The van der Waals surface area contributed by atoms with Crippen LogP contribution in [0.25, 0.3) is 0 Å². The largest absolute Gasteiger partial charge is 0.459 e. The highest BCUT2D eigenvalue weighted by Gasteiger charge is 2.35. The topological polar surface area (TPSA) is 87.7 Å². The van der Waals surface area contributed by atoms with Crippen LogP contribution in [-0.4, -0.2) is 59.5 Å². The van der Waals surface area contributed by atoms with Crippen molar-refractivity contribution in [1.29, 1.82) is 0 Å². The molecule has 0 aromatic heterocycles. The van der Waals surface area contributed by atoms with Crippen LogP contribution >= 0.6 is 0 Å². The Kier molecular flexibility index (Phi) is 11.1. The first-order valence-electron chi connectivity index (χ1n) is 14.2.